The number of hydrogen-bond acceptors (Lipinski definition) is 4. The van der Waals surface area contributed by atoms with Crippen LogP contribution < -0.4 is 9.47 Å². The smallest absolute Gasteiger partial charge is 0.231 e. The second-order valence-corrected chi connectivity index (χ2v) is 7.05. The molecule has 3 aliphatic heterocycles. The molecule has 3 heterocycles. The van der Waals surface area contributed by atoms with Gasteiger partial charge in [0.05, 0.1) is 6.10 Å². The van der Waals surface area contributed by atoms with Crippen LogP contribution in [0.4, 0.5) is 0 Å². The van der Waals surface area contributed by atoms with Gasteiger partial charge >= 0.3 is 0 Å². The van der Waals surface area contributed by atoms with E-state index < -0.39 is 6.10 Å². The minimum atomic E-state index is -0.391. The highest BCUT2D eigenvalue weighted by molar-refractivity contribution is 5.54. The Hall–Kier alpha value is -1.52. The van der Waals surface area contributed by atoms with Crippen LogP contribution in [0, 0.1) is 0 Å². The molecule has 1 unspecified atom stereocenters. The van der Waals surface area contributed by atoms with E-state index in [4.69, 9.17) is 9.47 Å². The van der Waals surface area contributed by atoms with Gasteiger partial charge in [0.2, 0.25) is 6.79 Å². The molecule has 1 saturated heterocycles. The highest BCUT2D eigenvalue weighted by Gasteiger charge is 2.54. The van der Waals surface area contributed by atoms with Crippen molar-refractivity contribution in [2.45, 2.75) is 43.7 Å². The number of nitrogens with zero attached hydrogens (tertiary/aromatic N) is 1. The molecular formula is C18H21NO3. The second kappa shape index (κ2) is 4.27. The Morgan fingerprint density at radius 3 is 2.91 bits per heavy atom. The summed E-state index contributed by atoms with van der Waals surface area (Å²) in [5.41, 5.74) is 3.68. The minimum absolute atomic E-state index is 0.00243. The molecule has 1 spiro atoms. The highest BCUT2D eigenvalue weighted by atomic mass is 16.7. The number of aliphatic hydroxyl groups is 1. The number of hydrogen-bond donors (Lipinski definition) is 1. The summed E-state index contributed by atoms with van der Waals surface area (Å²) in [5.74, 6) is 1.81. The zero-order valence-electron chi connectivity index (χ0n) is 12.8. The van der Waals surface area contributed by atoms with Gasteiger partial charge in [0, 0.05) is 18.0 Å². The first-order valence-electron chi connectivity index (χ1n) is 8.24. The quantitative estimate of drug-likeness (QED) is 0.746. The lowest BCUT2D eigenvalue weighted by molar-refractivity contribution is 0.102. The topological polar surface area (TPSA) is 41.9 Å². The largest absolute Gasteiger partial charge is 0.454 e. The number of benzene rings is 1. The van der Waals surface area contributed by atoms with Crippen LogP contribution >= 0.6 is 0 Å². The molecule has 0 radical (unpaired) electrons. The number of rotatable bonds is 0. The van der Waals surface area contributed by atoms with E-state index >= 15 is 0 Å². The Bertz CT molecular complexity index is 683. The molecule has 0 aromatic heterocycles. The normalized spacial score (nSPS) is 35.6. The van der Waals surface area contributed by atoms with Gasteiger partial charge in [0.25, 0.3) is 0 Å². The standard InChI is InChI=1S/C18H21NO3/c1-11-9-18-4-2-5-19(18)6-3-12-7-14-15(22-10-21-14)8-13(12)16(18)17(11)20/h7-9,16-17,20H,2-6,10H2,1H3/t16-,17?,18+/m1/s1. The van der Waals surface area contributed by atoms with E-state index in [1.54, 1.807) is 0 Å². The minimum Gasteiger partial charge on any atom is -0.454 e. The van der Waals surface area contributed by atoms with Crippen LogP contribution in [-0.2, 0) is 6.42 Å². The summed E-state index contributed by atoms with van der Waals surface area (Å²) >= 11 is 0. The van der Waals surface area contributed by atoms with Crippen molar-refractivity contribution in [3.05, 3.63) is 34.9 Å². The molecule has 0 saturated carbocycles. The summed E-state index contributed by atoms with van der Waals surface area (Å²) in [7, 11) is 0. The first kappa shape index (κ1) is 13.0. The monoisotopic (exact) mass is 299 g/mol. The zero-order chi connectivity index (χ0) is 14.9. The molecule has 1 aliphatic carbocycles. The number of aliphatic hydroxyl groups excluding tert-OH is 1. The van der Waals surface area contributed by atoms with Crippen LogP contribution in [0.15, 0.2) is 23.8 Å². The maximum Gasteiger partial charge on any atom is 0.231 e. The van der Waals surface area contributed by atoms with Crippen molar-refractivity contribution in [3.8, 4) is 11.5 Å². The van der Waals surface area contributed by atoms with Crippen LogP contribution in [0.3, 0.4) is 0 Å². The summed E-state index contributed by atoms with van der Waals surface area (Å²) in [6, 6.07) is 4.26. The average molecular weight is 299 g/mol. The molecule has 116 valence electrons. The molecule has 22 heavy (non-hydrogen) atoms. The third-order valence-corrected chi connectivity index (χ3v) is 6.01. The van der Waals surface area contributed by atoms with Gasteiger partial charge in [-0.15, -0.1) is 0 Å². The summed E-state index contributed by atoms with van der Waals surface area (Å²) in [5, 5.41) is 10.9. The SMILES string of the molecule is CC1=C[C@]23CCCN2CCc2cc4c(cc2[C@@H]3C1O)OCO4. The van der Waals surface area contributed by atoms with Gasteiger partial charge in [0.15, 0.2) is 11.5 Å². The van der Waals surface area contributed by atoms with E-state index in [2.05, 4.69) is 30.0 Å². The molecule has 1 aromatic carbocycles. The lowest BCUT2D eigenvalue weighted by atomic mass is 9.77. The lowest BCUT2D eigenvalue weighted by Crippen LogP contribution is -2.46. The van der Waals surface area contributed by atoms with Gasteiger partial charge in [-0.3, -0.25) is 4.90 Å². The maximum atomic E-state index is 10.9. The fourth-order valence-electron chi connectivity index (χ4n) is 5.06. The highest BCUT2D eigenvalue weighted by Crippen LogP contribution is 2.54. The molecule has 4 heteroatoms. The van der Waals surface area contributed by atoms with Crippen molar-refractivity contribution in [1.29, 1.82) is 0 Å². The third-order valence-electron chi connectivity index (χ3n) is 6.01. The maximum absolute atomic E-state index is 10.9. The van der Waals surface area contributed by atoms with Crippen LogP contribution in [0.5, 0.6) is 11.5 Å². The van der Waals surface area contributed by atoms with Gasteiger partial charge in [0.1, 0.15) is 0 Å². The van der Waals surface area contributed by atoms with Crippen molar-refractivity contribution < 1.29 is 14.6 Å². The van der Waals surface area contributed by atoms with Gasteiger partial charge in [-0.25, -0.2) is 0 Å². The fourth-order valence-corrected chi connectivity index (χ4v) is 5.06. The van der Waals surface area contributed by atoms with E-state index in [1.165, 1.54) is 17.5 Å². The molecule has 1 N–H and O–H groups in total. The van der Waals surface area contributed by atoms with Crippen LogP contribution in [-0.4, -0.2) is 41.5 Å². The molecule has 1 fully saturated rings. The molecule has 3 atom stereocenters. The number of ether oxygens (including phenoxy) is 2. The molecule has 0 amide bonds. The van der Waals surface area contributed by atoms with Gasteiger partial charge in [-0.05, 0) is 61.6 Å². The van der Waals surface area contributed by atoms with E-state index in [-0.39, 0.29) is 11.5 Å². The van der Waals surface area contributed by atoms with Gasteiger partial charge < -0.3 is 14.6 Å². The summed E-state index contributed by atoms with van der Waals surface area (Å²) in [6.07, 6.45) is 5.32. The van der Waals surface area contributed by atoms with Crippen LogP contribution in [0.1, 0.15) is 36.8 Å². The van der Waals surface area contributed by atoms with Crippen molar-refractivity contribution in [3.63, 3.8) is 0 Å². The second-order valence-electron chi connectivity index (χ2n) is 7.05. The van der Waals surface area contributed by atoms with Crippen molar-refractivity contribution in [2.75, 3.05) is 19.9 Å². The Balaban J connectivity index is 1.72. The zero-order valence-corrected chi connectivity index (χ0v) is 12.8. The predicted octanol–water partition coefficient (Wildman–Crippen LogP) is 2.21. The molecular weight excluding hydrogens is 278 g/mol. The summed E-state index contributed by atoms with van der Waals surface area (Å²) in [6.45, 7) is 4.56. The Labute approximate surface area is 130 Å². The van der Waals surface area contributed by atoms with E-state index in [1.807, 2.05) is 0 Å². The molecule has 4 aliphatic rings. The van der Waals surface area contributed by atoms with Crippen molar-refractivity contribution in [1.82, 2.24) is 4.90 Å². The Morgan fingerprint density at radius 1 is 1.23 bits per heavy atom. The molecule has 5 rings (SSSR count). The average Bonchev–Trinajstić information content (AvgIpc) is 3.15. The van der Waals surface area contributed by atoms with E-state index in [0.29, 0.717) is 6.79 Å². The predicted molar refractivity (Wildman–Crippen MR) is 82.3 cm³/mol. The van der Waals surface area contributed by atoms with Gasteiger partial charge in [-0.2, -0.15) is 0 Å². The molecule has 0 bridgehead atoms. The Kier molecular flexibility index (Phi) is 2.52. The first-order chi connectivity index (χ1) is 10.7. The van der Waals surface area contributed by atoms with E-state index in [9.17, 15) is 5.11 Å². The van der Waals surface area contributed by atoms with Crippen LogP contribution in [0.2, 0.25) is 0 Å². The summed E-state index contributed by atoms with van der Waals surface area (Å²) < 4.78 is 11.1. The van der Waals surface area contributed by atoms with E-state index in [0.717, 1.165) is 43.0 Å². The fraction of sp³-hybridized carbons (Fsp3) is 0.556. The van der Waals surface area contributed by atoms with Gasteiger partial charge in [-0.1, -0.05) is 6.08 Å². The molecule has 4 nitrogen and oxygen atoms in total. The Morgan fingerprint density at radius 2 is 2.05 bits per heavy atom. The summed E-state index contributed by atoms with van der Waals surface area (Å²) in [4.78, 5) is 2.59. The number of fused-ring (bicyclic) bond motifs is 3. The molecule has 1 aromatic rings. The van der Waals surface area contributed by atoms with Crippen molar-refractivity contribution >= 4 is 0 Å². The van der Waals surface area contributed by atoms with Crippen LogP contribution in [0.25, 0.3) is 0 Å². The first-order valence-corrected chi connectivity index (χ1v) is 8.24. The van der Waals surface area contributed by atoms with Crippen molar-refractivity contribution in [2.24, 2.45) is 0 Å². The lowest BCUT2D eigenvalue weighted by Gasteiger charge is -2.39. The third kappa shape index (κ3) is 1.49.